The number of carbonyl (C=O) groups excluding carboxylic acids is 1. The van der Waals surface area contributed by atoms with Crippen molar-refractivity contribution < 1.29 is 18.9 Å². The zero-order valence-corrected chi connectivity index (χ0v) is 9.10. The van der Waals surface area contributed by atoms with Gasteiger partial charge >= 0.3 is 5.97 Å². The molecule has 0 spiro atoms. The van der Waals surface area contributed by atoms with Crippen LogP contribution >= 0.6 is 0 Å². The van der Waals surface area contributed by atoms with E-state index in [0.29, 0.717) is 0 Å². The predicted octanol–water partition coefficient (Wildman–Crippen LogP) is -0.266. The molecule has 5 nitrogen and oxygen atoms in total. The lowest BCUT2D eigenvalue weighted by atomic mass is 10.3. The van der Waals surface area contributed by atoms with Crippen LogP contribution in [0.1, 0.15) is 20.3 Å². The first-order valence-electron chi connectivity index (χ1n) is 4.28. The van der Waals surface area contributed by atoms with Crippen LogP contribution in [-0.2, 0) is 20.4 Å². The third kappa shape index (κ3) is 7.72. The van der Waals surface area contributed by atoms with E-state index in [1.807, 2.05) is 13.8 Å². The van der Waals surface area contributed by atoms with Gasteiger partial charge in [0.25, 0.3) is 0 Å². The van der Waals surface area contributed by atoms with E-state index < -0.39 is 22.5 Å². The summed E-state index contributed by atoms with van der Waals surface area (Å²) in [7, 11) is -1.45. The average Bonchev–Trinajstić information content (AvgIpc) is 1.98. The highest BCUT2D eigenvalue weighted by atomic mass is 32.2. The first-order valence-corrected chi connectivity index (χ1v) is 5.76. The van der Waals surface area contributed by atoms with E-state index in [2.05, 4.69) is 5.32 Å². The van der Waals surface area contributed by atoms with Gasteiger partial charge in [-0.3, -0.25) is 13.8 Å². The Bertz CT molecular complexity index is 239. The van der Waals surface area contributed by atoms with Crippen LogP contribution in [-0.4, -0.2) is 38.7 Å². The van der Waals surface area contributed by atoms with Gasteiger partial charge < -0.3 is 10.4 Å². The number of carbonyl (C=O) groups is 2. The lowest BCUT2D eigenvalue weighted by Crippen LogP contribution is -2.31. The molecular formula is C8H15NO4S. The molecule has 0 aliphatic heterocycles. The Balaban J connectivity index is 3.67. The molecule has 0 radical (unpaired) electrons. The van der Waals surface area contributed by atoms with Gasteiger partial charge in [0.2, 0.25) is 5.91 Å². The molecule has 0 rings (SSSR count). The topological polar surface area (TPSA) is 83.5 Å². The van der Waals surface area contributed by atoms with Crippen LogP contribution in [0.15, 0.2) is 0 Å². The smallest absolute Gasteiger partial charge is 0.316 e. The third-order valence-corrected chi connectivity index (χ3v) is 2.52. The summed E-state index contributed by atoms with van der Waals surface area (Å²) in [6, 6.07) is 0.0513. The fourth-order valence-corrected chi connectivity index (χ4v) is 1.64. The van der Waals surface area contributed by atoms with Crippen LogP contribution < -0.4 is 5.32 Å². The Hall–Kier alpha value is -0.910. The minimum Gasteiger partial charge on any atom is -0.481 e. The normalized spacial score (nSPS) is 12.5. The van der Waals surface area contributed by atoms with E-state index in [1.54, 1.807) is 0 Å². The second kappa shape index (κ2) is 6.53. The lowest BCUT2D eigenvalue weighted by Gasteiger charge is -2.07. The van der Waals surface area contributed by atoms with Crippen LogP contribution in [0.5, 0.6) is 0 Å². The van der Waals surface area contributed by atoms with E-state index in [-0.39, 0.29) is 24.1 Å². The summed E-state index contributed by atoms with van der Waals surface area (Å²) in [6.07, 6.45) is 0.109. The van der Waals surface area contributed by atoms with Crippen LogP contribution in [0.25, 0.3) is 0 Å². The van der Waals surface area contributed by atoms with Gasteiger partial charge in [-0.25, -0.2) is 0 Å². The van der Waals surface area contributed by atoms with Gasteiger partial charge in [-0.05, 0) is 13.8 Å². The molecule has 0 fully saturated rings. The van der Waals surface area contributed by atoms with Gasteiger partial charge in [-0.1, -0.05) is 0 Å². The van der Waals surface area contributed by atoms with E-state index >= 15 is 0 Å². The summed E-state index contributed by atoms with van der Waals surface area (Å²) in [5.74, 6) is -1.59. The maximum atomic E-state index is 11.1. The number of amides is 1. The van der Waals surface area contributed by atoms with E-state index in [9.17, 15) is 13.8 Å². The molecule has 0 bridgehead atoms. The standard InChI is InChI=1S/C8H15NO4S/c1-6(2)9-7(10)3-4-14(13)5-8(11)12/h6H,3-5H2,1-2H3,(H,9,10)(H,11,12). The molecule has 0 saturated carbocycles. The molecule has 82 valence electrons. The highest BCUT2D eigenvalue weighted by Crippen LogP contribution is 1.90. The lowest BCUT2D eigenvalue weighted by molar-refractivity contribution is -0.134. The summed E-state index contributed by atoms with van der Waals surface area (Å²) in [4.78, 5) is 21.2. The van der Waals surface area contributed by atoms with Crippen molar-refractivity contribution in [2.75, 3.05) is 11.5 Å². The maximum Gasteiger partial charge on any atom is 0.316 e. The molecule has 1 atom stereocenters. The number of rotatable bonds is 6. The maximum absolute atomic E-state index is 11.1. The molecule has 0 aromatic carbocycles. The summed E-state index contributed by atoms with van der Waals surface area (Å²) < 4.78 is 11.0. The van der Waals surface area contributed by atoms with Crippen molar-refractivity contribution in [2.24, 2.45) is 0 Å². The Morgan fingerprint density at radius 1 is 1.43 bits per heavy atom. The van der Waals surface area contributed by atoms with Gasteiger partial charge in [-0.2, -0.15) is 0 Å². The Labute approximate surface area is 85.3 Å². The molecule has 0 aliphatic carbocycles. The molecule has 0 heterocycles. The number of hydrogen-bond acceptors (Lipinski definition) is 3. The van der Waals surface area contributed by atoms with Crippen molar-refractivity contribution in [1.82, 2.24) is 5.32 Å². The predicted molar refractivity (Wildman–Crippen MR) is 53.4 cm³/mol. The van der Waals surface area contributed by atoms with E-state index in [4.69, 9.17) is 5.11 Å². The Morgan fingerprint density at radius 3 is 2.43 bits per heavy atom. The van der Waals surface area contributed by atoms with Crippen LogP contribution in [0.3, 0.4) is 0 Å². The van der Waals surface area contributed by atoms with Crippen molar-refractivity contribution in [3.8, 4) is 0 Å². The van der Waals surface area contributed by atoms with Crippen molar-refractivity contribution >= 4 is 22.7 Å². The molecule has 0 aromatic heterocycles. The Kier molecular flexibility index (Phi) is 6.11. The van der Waals surface area contributed by atoms with Crippen molar-refractivity contribution in [2.45, 2.75) is 26.3 Å². The minimum absolute atomic E-state index is 0.0513. The fraction of sp³-hybridized carbons (Fsp3) is 0.750. The minimum atomic E-state index is -1.45. The first-order chi connectivity index (χ1) is 6.41. The molecule has 6 heteroatoms. The van der Waals surface area contributed by atoms with Crippen LogP contribution in [0.2, 0.25) is 0 Å². The third-order valence-electron chi connectivity index (χ3n) is 1.29. The fourth-order valence-electron chi connectivity index (χ4n) is 0.811. The zero-order chi connectivity index (χ0) is 11.1. The van der Waals surface area contributed by atoms with Crippen LogP contribution in [0, 0.1) is 0 Å². The number of hydrogen-bond donors (Lipinski definition) is 2. The van der Waals surface area contributed by atoms with Crippen LogP contribution in [0.4, 0.5) is 0 Å². The molecule has 0 saturated heterocycles. The number of carboxylic acid groups (broad SMARTS) is 1. The summed E-state index contributed by atoms with van der Waals surface area (Å²) >= 11 is 0. The molecule has 0 aromatic rings. The summed E-state index contributed by atoms with van der Waals surface area (Å²) in [5.41, 5.74) is 0. The van der Waals surface area contributed by atoms with Gasteiger partial charge in [0.1, 0.15) is 5.75 Å². The monoisotopic (exact) mass is 221 g/mol. The zero-order valence-electron chi connectivity index (χ0n) is 8.28. The van der Waals surface area contributed by atoms with Gasteiger partial charge in [0, 0.05) is 29.0 Å². The average molecular weight is 221 g/mol. The van der Waals surface area contributed by atoms with Crippen molar-refractivity contribution in [3.05, 3.63) is 0 Å². The largest absolute Gasteiger partial charge is 0.481 e. The molecule has 1 amide bonds. The highest BCUT2D eigenvalue weighted by molar-refractivity contribution is 7.85. The molecular weight excluding hydrogens is 206 g/mol. The number of aliphatic carboxylic acids is 1. The van der Waals surface area contributed by atoms with Gasteiger partial charge in [-0.15, -0.1) is 0 Å². The van der Waals surface area contributed by atoms with Crippen molar-refractivity contribution in [3.63, 3.8) is 0 Å². The molecule has 2 N–H and O–H groups in total. The van der Waals surface area contributed by atoms with Crippen molar-refractivity contribution in [1.29, 1.82) is 0 Å². The Morgan fingerprint density at radius 2 is 2.00 bits per heavy atom. The molecule has 14 heavy (non-hydrogen) atoms. The van der Waals surface area contributed by atoms with Gasteiger partial charge in [0.15, 0.2) is 0 Å². The van der Waals surface area contributed by atoms with E-state index in [0.717, 1.165) is 0 Å². The van der Waals surface area contributed by atoms with Gasteiger partial charge in [0.05, 0.1) is 0 Å². The second-order valence-electron chi connectivity index (χ2n) is 3.15. The quantitative estimate of drug-likeness (QED) is 0.647. The SMILES string of the molecule is CC(C)NC(=O)CCS(=O)CC(=O)O. The molecule has 1 unspecified atom stereocenters. The second-order valence-corrected chi connectivity index (χ2v) is 4.73. The molecule has 0 aliphatic rings. The highest BCUT2D eigenvalue weighted by Gasteiger charge is 2.09. The summed E-state index contributed by atoms with van der Waals surface area (Å²) in [5, 5.41) is 10.9. The number of carboxylic acids is 1. The number of nitrogens with one attached hydrogen (secondary N) is 1. The van der Waals surface area contributed by atoms with E-state index in [1.165, 1.54) is 0 Å². The summed E-state index contributed by atoms with van der Waals surface area (Å²) in [6.45, 7) is 3.65. The first kappa shape index (κ1) is 13.1.